The van der Waals surface area contributed by atoms with Crippen molar-refractivity contribution in [2.24, 2.45) is 5.92 Å². The number of rotatable bonds is 4. The lowest BCUT2D eigenvalue weighted by atomic mass is 10.1. The maximum Gasteiger partial charge on any atom is 0.224 e. The van der Waals surface area contributed by atoms with Crippen molar-refractivity contribution in [3.05, 3.63) is 48.0 Å². The number of hydrogen-bond acceptors (Lipinski definition) is 8. The Morgan fingerprint density at radius 2 is 2.09 bits per heavy atom. The molecule has 1 aliphatic carbocycles. The normalized spacial score (nSPS) is 16.9. The maximum absolute atomic E-state index is 10.8. The summed E-state index contributed by atoms with van der Waals surface area (Å²) in [6.07, 6.45) is 11.7. The number of nitrogens with two attached hydrogens (primary N) is 2. The van der Waals surface area contributed by atoms with E-state index in [-0.39, 0.29) is 17.7 Å². The van der Waals surface area contributed by atoms with E-state index in [4.69, 9.17) is 11.5 Å². The minimum absolute atomic E-state index is 0.0699. The molecule has 3 rings (SSSR count). The summed E-state index contributed by atoms with van der Waals surface area (Å²) in [6, 6.07) is 0. The Balaban J connectivity index is 1.76. The molecule has 8 nitrogen and oxygen atoms in total. The van der Waals surface area contributed by atoms with Gasteiger partial charge in [0.05, 0.1) is 24.4 Å². The number of nitrogens with zero attached hydrogens (tertiary/aromatic N) is 4. The highest BCUT2D eigenvalue weighted by Gasteiger charge is 2.08. The van der Waals surface area contributed by atoms with Crippen LogP contribution in [0.5, 0.6) is 0 Å². The number of hydrogen-bond donors (Lipinski definition) is 3. The molecular weight excluding hydrogens is 294 g/mol. The van der Waals surface area contributed by atoms with Crippen LogP contribution in [-0.4, -0.2) is 26.2 Å². The fraction of sp³-hybridized carbons (Fsp3) is 0.133. The first-order chi connectivity index (χ1) is 11.2. The number of anilines is 2. The average Bonchev–Trinajstić information content (AvgIpc) is 2.78. The van der Waals surface area contributed by atoms with E-state index in [1.54, 1.807) is 6.20 Å². The summed E-state index contributed by atoms with van der Waals surface area (Å²) < 4.78 is 0. The summed E-state index contributed by atoms with van der Waals surface area (Å²) in [5.41, 5.74) is 13.7. The van der Waals surface area contributed by atoms with Crippen molar-refractivity contribution in [3.63, 3.8) is 0 Å². The van der Waals surface area contributed by atoms with Crippen LogP contribution in [0.15, 0.2) is 42.3 Å². The third kappa shape index (κ3) is 3.31. The molecule has 1 unspecified atom stereocenters. The van der Waals surface area contributed by atoms with Gasteiger partial charge in [-0.3, -0.25) is 0 Å². The predicted octanol–water partition coefficient (Wildman–Crippen LogP) is 0.499. The molecule has 0 amide bonds. The van der Waals surface area contributed by atoms with Crippen molar-refractivity contribution in [2.75, 3.05) is 11.5 Å². The molecule has 0 spiro atoms. The Morgan fingerprint density at radius 3 is 2.91 bits per heavy atom. The topological polar surface area (TPSA) is 133 Å². The van der Waals surface area contributed by atoms with Gasteiger partial charge >= 0.3 is 0 Å². The average molecular weight is 309 g/mol. The standard InChI is InChI=1S/C15H15N7O/c16-13-12-14(22-15(17)21-13)19-7-11(20-12)6-18-10-3-1-2-9(8-23)4-5-10/h1-5,7-9,18H,6H2,(H4,16,17,19,21,22). The molecule has 5 N–H and O–H groups in total. The fourth-order valence-corrected chi connectivity index (χ4v) is 2.09. The van der Waals surface area contributed by atoms with Gasteiger partial charge in [0.2, 0.25) is 5.95 Å². The van der Waals surface area contributed by atoms with E-state index in [1.165, 1.54) is 0 Å². The second kappa shape index (κ2) is 6.22. The molecule has 0 aromatic carbocycles. The monoisotopic (exact) mass is 309 g/mol. The lowest BCUT2D eigenvalue weighted by Crippen LogP contribution is -2.13. The molecule has 0 saturated heterocycles. The quantitative estimate of drug-likeness (QED) is 0.695. The molecule has 0 fully saturated rings. The minimum Gasteiger partial charge on any atom is -0.382 e. The van der Waals surface area contributed by atoms with Crippen molar-refractivity contribution < 1.29 is 4.79 Å². The smallest absolute Gasteiger partial charge is 0.224 e. The minimum atomic E-state index is -0.201. The number of aldehydes is 1. The highest BCUT2D eigenvalue weighted by molar-refractivity contribution is 5.81. The Morgan fingerprint density at radius 1 is 1.22 bits per heavy atom. The summed E-state index contributed by atoms with van der Waals surface area (Å²) in [5, 5.41) is 3.22. The van der Waals surface area contributed by atoms with Crippen molar-refractivity contribution in [2.45, 2.75) is 6.54 Å². The van der Waals surface area contributed by atoms with E-state index in [9.17, 15) is 4.79 Å². The third-order valence-electron chi connectivity index (χ3n) is 3.24. The van der Waals surface area contributed by atoms with Crippen LogP contribution in [0, 0.1) is 5.92 Å². The van der Waals surface area contributed by atoms with Gasteiger partial charge in [-0.15, -0.1) is 0 Å². The molecule has 2 aromatic rings. The van der Waals surface area contributed by atoms with Crippen molar-refractivity contribution in [1.82, 2.24) is 25.3 Å². The molecule has 116 valence electrons. The van der Waals surface area contributed by atoms with Gasteiger partial charge in [0, 0.05) is 5.70 Å². The van der Waals surface area contributed by atoms with Gasteiger partial charge in [-0.25, -0.2) is 9.97 Å². The first kappa shape index (κ1) is 14.6. The Bertz CT molecular complexity index is 841. The summed E-state index contributed by atoms with van der Waals surface area (Å²) in [7, 11) is 0. The first-order valence-corrected chi connectivity index (χ1v) is 6.96. The SMILES string of the molecule is Nc1nc(N)c2nc(CNC3=CC=CC(C=O)C=C3)cnc2n1. The zero-order valence-corrected chi connectivity index (χ0v) is 12.2. The van der Waals surface area contributed by atoms with Gasteiger partial charge in [0.1, 0.15) is 6.29 Å². The molecule has 23 heavy (non-hydrogen) atoms. The number of fused-ring (bicyclic) bond motifs is 1. The zero-order valence-electron chi connectivity index (χ0n) is 12.2. The van der Waals surface area contributed by atoms with E-state index in [2.05, 4.69) is 25.3 Å². The van der Waals surface area contributed by atoms with Gasteiger partial charge in [0.25, 0.3) is 0 Å². The highest BCUT2D eigenvalue weighted by Crippen LogP contribution is 2.14. The summed E-state index contributed by atoms with van der Waals surface area (Å²) in [6.45, 7) is 0.447. The van der Waals surface area contributed by atoms with Crippen molar-refractivity contribution in [1.29, 1.82) is 0 Å². The van der Waals surface area contributed by atoms with Gasteiger partial charge in [-0.1, -0.05) is 18.2 Å². The molecule has 0 saturated carbocycles. The van der Waals surface area contributed by atoms with Crippen LogP contribution >= 0.6 is 0 Å². The Kier molecular flexibility index (Phi) is 3.96. The predicted molar refractivity (Wildman–Crippen MR) is 86.7 cm³/mol. The molecular formula is C15H15N7O. The lowest BCUT2D eigenvalue weighted by molar-refractivity contribution is -0.108. The van der Waals surface area contributed by atoms with E-state index in [0.717, 1.165) is 12.0 Å². The van der Waals surface area contributed by atoms with Gasteiger partial charge in [-0.05, 0) is 12.2 Å². The van der Waals surface area contributed by atoms with Crippen molar-refractivity contribution in [3.8, 4) is 0 Å². The zero-order chi connectivity index (χ0) is 16.2. The molecule has 2 heterocycles. The number of carbonyl (C=O) groups excluding carboxylic acids is 1. The lowest BCUT2D eigenvalue weighted by Gasteiger charge is -2.07. The molecule has 8 heteroatoms. The third-order valence-corrected chi connectivity index (χ3v) is 3.24. The van der Waals surface area contributed by atoms with E-state index >= 15 is 0 Å². The number of aromatic nitrogens is 4. The molecule has 0 bridgehead atoms. The fourth-order valence-electron chi connectivity index (χ4n) is 2.09. The summed E-state index contributed by atoms with van der Waals surface area (Å²) in [5.74, 6) is 0.0704. The first-order valence-electron chi connectivity index (χ1n) is 6.96. The Labute approximate surface area is 132 Å². The second-order valence-corrected chi connectivity index (χ2v) is 4.93. The van der Waals surface area contributed by atoms with Crippen LogP contribution in [0.25, 0.3) is 11.2 Å². The molecule has 1 aliphatic rings. The van der Waals surface area contributed by atoms with Crippen LogP contribution in [0.2, 0.25) is 0 Å². The number of nitrogen functional groups attached to an aromatic ring is 2. The largest absolute Gasteiger partial charge is 0.382 e. The summed E-state index contributed by atoms with van der Waals surface area (Å²) in [4.78, 5) is 27.2. The molecule has 1 atom stereocenters. The van der Waals surface area contributed by atoms with E-state index < -0.39 is 0 Å². The van der Waals surface area contributed by atoms with E-state index in [0.29, 0.717) is 23.4 Å². The molecule has 2 aromatic heterocycles. The number of nitrogens with one attached hydrogen (secondary N) is 1. The second-order valence-electron chi connectivity index (χ2n) is 4.93. The Hall–Kier alpha value is -3.29. The summed E-state index contributed by atoms with van der Waals surface area (Å²) >= 11 is 0. The maximum atomic E-state index is 10.8. The van der Waals surface area contributed by atoms with Crippen LogP contribution in [0.1, 0.15) is 5.69 Å². The van der Waals surface area contributed by atoms with Gasteiger partial charge in [0.15, 0.2) is 17.0 Å². The number of allylic oxidation sites excluding steroid dienone is 5. The van der Waals surface area contributed by atoms with Crippen LogP contribution < -0.4 is 16.8 Å². The molecule has 0 aliphatic heterocycles. The van der Waals surface area contributed by atoms with Crippen LogP contribution in [-0.2, 0) is 11.3 Å². The van der Waals surface area contributed by atoms with Crippen molar-refractivity contribution >= 4 is 29.2 Å². The van der Waals surface area contributed by atoms with E-state index in [1.807, 2.05) is 30.4 Å². The number of carbonyl (C=O) groups is 1. The van der Waals surface area contributed by atoms with Crippen LogP contribution in [0.4, 0.5) is 11.8 Å². The highest BCUT2D eigenvalue weighted by atomic mass is 16.1. The van der Waals surface area contributed by atoms with Crippen LogP contribution in [0.3, 0.4) is 0 Å². The van der Waals surface area contributed by atoms with Gasteiger partial charge in [-0.2, -0.15) is 9.97 Å². The van der Waals surface area contributed by atoms with Gasteiger partial charge < -0.3 is 21.6 Å². The molecule has 0 radical (unpaired) electrons.